The van der Waals surface area contributed by atoms with Crippen molar-refractivity contribution in [2.45, 2.75) is 46.1 Å². The molecule has 0 aromatic heterocycles. The van der Waals surface area contributed by atoms with Crippen LogP contribution in [-0.4, -0.2) is 5.91 Å². The van der Waals surface area contributed by atoms with Crippen molar-refractivity contribution in [2.75, 3.05) is 4.90 Å². The Morgan fingerprint density at radius 2 is 1.64 bits per heavy atom. The maximum atomic E-state index is 12.5. The van der Waals surface area contributed by atoms with Crippen LogP contribution >= 0.6 is 0 Å². The third-order valence-corrected chi connectivity index (χ3v) is 5.71. The van der Waals surface area contributed by atoms with Crippen molar-refractivity contribution in [2.24, 2.45) is 0 Å². The van der Waals surface area contributed by atoms with Crippen LogP contribution in [0.15, 0.2) is 66.7 Å². The lowest BCUT2D eigenvalue weighted by molar-refractivity contribution is -0.116. The topological polar surface area (TPSA) is 20.3 Å². The highest BCUT2D eigenvalue weighted by Gasteiger charge is 2.20. The third-order valence-electron chi connectivity index (χ3n) is 5.71. The summed E-state index contributed by atoms with van der Waals surface area (Å²) in [5.41, 5.74) is 8.86. The quantitative estimate of drug-likeness (QED) is 0.558. The maximum absolute atomic E-state index is 12.5. The van der Waals surface area contributed by atoms with E-state index in [0.29, 0.717) is 6.54 Å². The number of hydrogen-bond donors (Lipinski definition) is 0. The summed E-state index contributed by atoms with van der Waals surface area (Å²) in [6.45, 7) is 4.52. The summed E-state index contributed by atoms with van der Waals surface area (Å²) in [6.07, 6.45) is 4.19. The molecule has 1 amide bonds. The predicted octanol–water partition coefficient (Wildman–Crippen LogP) is 5.96. The Morgan fingerprint density at radius 1 is 0.893 bits per heavy atom. The molecule has 1 heterocycles. The molecule has 28 heavy (non-hydrogen) atoms. The lowest BCUT2D eigenvalue weighted by atomic mass is 9.90. The van der Waals surface area contributed by atoms with Crippen LogP contribution in [0.2, 0.25) is 0 Å². The van der Waals surface area contributed by atoms with Crippen LogP contribution in [-0.2, 0) is 30.6 Å². The zero-order chi connectivity index (χ0) is 19.5. The summed E-state index contributed by atoms with van der Waals surface area (Å²) in [7, 11) is 0. The summed E-state index contributed by atoms with van der Waals surface area (Å²) >= 11 is 0. The lowest BCUT2D eigenvalue weighted by Crippen LogP contribution is -2.30. The molecule has 1 aliphatic rings. The number of aryl methyl sites for hydroxylation is 3. The zero-order valence-corrected chi connectivity index (χ0v) is 16.7. The normalized spacial score (nSPS) is 13.3. The Morgan fingerprint density at radius 3 is 2.46 bits per heavy atom. The van der Waals surface area contributed by atoms with Gasteiger partial charge in [-0.1, -0.05) is 67.9 Å². The van der Waals surface area contributed by atoms with Crippen LogP contribution in [0.4, 0.5) is 5.69 Å². The second kappa shape index (κ2) is 8.02. The third kappa shape index (κ3) is 3.60. The summed E-state index contributed by atoms with van der Waals surface area (Å²) in [5, 5.41) is 0. The van der Waals surface area contributed by atoms with Crippen molar-refractivity contribution in [3.8, 4) is 11.1 Å². The molecule has 0 saturated heterocycles. The van der Waals surface area contributed by atoms with Crippen LogP contribution in [0, 0.1) is 0 Å². The highest BCUT2D eigenvalue weighted by Crippen LogP contribution is 2.32. The molecule has 2 nitrogen and oxygen atoms in total. The molecule has 0 saturated carbocycles. The van der Waals surface area contributed by atoms with E-state index in [-0.39, 0.29) is 5.91 Å². The standard InChI is InChI=1S/C26H27NO/c1-3-8-21-9-4-6-11-25(21)23-16-14-20-13-15-22-10-5-7-12-26(22)27(19(2)28)18-24(20)17-23/h4-7,9-12,14,16-17H,3,8,13,15,18H2,1-2H3. The number of fused-ring (bicyclic) bond motifs is 2. The van der Waals surface area contributed by atoms with Gasteiger partial charge in [0.15, 0.2) is 0 Å². The van der Waals surface area contributed by atoms with E-state index in [1.807, 2.05) is 11.0 Å². The maximum Gasteiger partial charge on any atom is 0.224 e. The van der Waals surface area contributed by atoms with Gasteiger partial charge in [-0.15, -0.1) is 0 Å². The van der Waals surface area contributed by atoms with Gasteiger partial charge in [0.1, 0.15) is 0 Å². The van der Waals surface area contributed by atoms with E-state index in [1.165, 1.54) is 33.4 Å². The first-order chi connectivity index (χ1) is 13.7. The molecule has 0 bridgehead atoms. The lowest BCUT2D eigenvalue weighted by Gasteiger charge is -2.28. The number of anilines is 1. The van der Waals surface area contributed by atoms with E-state index in [0.717, 1.165) is 31.4 Å². The van der Waals surface area contributed by atoms with Gasteiger partial charge in [-0.25, -0.2) is 0 Å². The smallest absolute Gasteiger partial charge is 0.224 e. The largest absolute Gasteiger partial charge is 0.308 e. The van der Waals surface area contributed by atoms with Crippen LogP contribution in [0.5, 0.6) is 0 Å². The van der Waals surface area contributed by atoms with Gasteiger partial charge in [0.05, 0.1) is 6.54 Å². The van der Waals surface area contributed by atoms with E-state index >= 15 is 0 Å². The molecule has 0 unspecified atom stereocenters. The van der Waals surface area contributed by atoms with Gasteiger partial charge in [0.2, 0.25) is 5.91 Å². The highest BCUT2D eigenvalue weighted by molar-refractivity contribution is 5.92. The molecular weight excluding hydrogens is 342 g/mol. The summed E-state index contributed by atoms with van der Waals surface area (Å²) < 4.78 is 0. The second-order valence-corrected chi connectivity index (χ2v) is 7.62. The van der Waals surface area contributed by atoms with E-state index < -0.39 is 0 Å². The molecule has 3 aromatic rings. The minimum atomic E-state index is 0.0945. The number of carbonyl (C=O) groups excluding carboxylic acids is 1. The molecule has 0 atom stereocenters. The second-order valence-electron chi connectivity index (χ2n) is 7.62. The Labute approximate surface area is 167 Å². The van der Waals surface area contributed by atoms with Gasteiger partial charge in [-0.05, 0) is 64.8 Å². The number of hydrogen-bond acceptors (Lipinski definition) is 1. The van der Waals surface area contributed by atoms with Crippen molar-refractivity contribution in [1.82, 2.24) is 0 Å². The first kappa shape index (κ1) is 18.5. The Hall–Kier alpha value is -2.87. The fourth-order valence-corrected chi connectivity index (χ4v) is 4.27. The number of rotatable bonds is 3. The van der Waals surface area contributed by atoms with Gasteiger partial charge in [-0.3, -0.25) is 4.79 Å². The summed E-state index contributed by atoms with van der Waals surface area (Å²) in [4.78, 5) is 14.4. The van der Waals surface area contributed by atoms with E-state index in [4.69, 9.17) is 0 Å². The van der Waals surface area contributed by atoms with Crippen molar-refractivity contribution < 1.29 is 4.79 Å². The average Bonchev–Trinajstić information content (AvgIpc) is 2.70. The van der Waals surface area contributed by atoms with Crippen LogP contribution in [0.1, 0.15) is 42.5 Å². The number of nitrogens with zero attached hydrogens (tertiary/aromatic N) is 1. The minimum absolute atomic E-state index is 0.0945. The molecule has 0 fully saturated rings. The predicted molar refractivity (Wildman–Crippen MR) is 117 cm³/mol. The highest BCUT2D eigenvalue weighted by atomic mass is 16.2. The molecule has 3 aromatic carbocycles. The Kier molecular flexibility index (Phi) is 5.29. The Bertz CT molecular complexity index is 1000. The molecule has 0 N–H and O–H groups in total. The van der Waals surface area contributed by atoms with Gasteiger partial charge in [-0.2, -0.15) is 0 Å². The molecule has 2 heteroatoms. The first-order valence-corrected chi connectivity index (χ1v) is 10.2. The molecule has 142 valence electrons. The molecule has 1 aliphatic heterocycles. The average molecular weight is 370 g/mol. The fraction of sp³-hybridized carbons (Fsp3) is 0.269. The van der Waals surface area contributed by atoms with Gasteiger partial charge < -0.3 is 4.90 Å². The van der Waals surface area contributed by atoms with Gasteiger partial charge >= 0.3 is 0 Å². The van der Waals surface area contributed by atoms with Crippen molar-refractivity contribution in [3.63, 3.8) is 0 Å². The Balaban J connectivity index is 1.77. The zero-order valence-electron chi connectivity index (χ0n) is 16.7. The van der Waals surface area contributed by atoms with E-state index in [9.17, 15) is 4.79 Å². The SMILES string of the molecule is CCCc1ccccc1-c1ccc2c(c1)CN(C(C)=O)c1ccccc1CC2. The number of benzene rings is 3. The number of amides is 1. The molecule has 4 rings (SSSR count). The molecular formula is C26H27NO. The van der Waals surface area contributed by atoms with Gasteiger partial charge in [0, 0.05) is 12.6 Å². The molecule has 0 radical (unpaired) electrons. The van der Waals surface area contributed by atoms with E-state index in [2.05, 4.69) is 67.6 Å². The van der Waals surface area contributed by atoms with Crippen molar-refractivity contribution in [3.05, 3.63) is 89.0 Å². The van der Waals surface area contributed by atoms with Crippen molar-refractivity contribution >= 4 is 11.6 Å². The van der Waals surface area contributed by atoms with E-state index in [1.54, 1.807) is 6.92 Å². The monoisotopic (exact) mass is 369 g/mol. The fourth-order valence-electron chi connectivity index (χ4n) is 4.27. The minimum Gasteiger partial charge on any atom is -0.308 e. The first-order valence-electron chi connectivity index (χ1n) is 10.2. The molecule has 0 spiro atoms. The van der Waals surface area contributed by atoms with Crippen LogP contribution in [0.25, 0.3) is 11.1 Å². The van der Waals surface area contributed by atoms with Gasteiger partial charge in [0.25, 0.3) is 0 Å². The van der Waals surface area contributed by atoms with Crippen LogP contribution < -0.4 is 4.90 Å². The summed E-state index contributed by atoms with van der Waals surface area (Å²) in [6, 6.07) is 23.8. The summed E-state index contributed by atoms with van der Waals surface area (Å²) in [5.74, 6) is 0.0945. The number of carbonyl (C=O) groups is 1. The van der Waals surface area contributed by atoms with Crippen LogP contribution in [0.3, 0.4) is 0 Å². The number of para-hydroxylation sites is 1. The van der Waals surface area contributed by atoms with Crippen molar-refractivity contribution in [1.29, 1.82) is 0 Å². The molecule has 0 aliphatic carbocycles.